The first kappa shape index (κ1) is 29.6. The molecule has 2 saturated heterocycles. The molecule has 0 radical (unpaired) electrons. The van der Waals surface area contributed by atoms with Gasteiger partial charge in [-0.25, -0.2) is 0 Å². The molecule has 0 aliphatic carbocycles. The molecular weight excluding hydrogens is 562 g/mol. The number of rotatable bonds is 6. The molecule has 1 amide bonds. The summed E-state index contributed by atoms with van der Waals surface area (Å²) < 4.78 is 80.1. The number of nitrogens with zero attached hydrogens (tertiary/aromatic N) is 2. The Morgan fingerprint density at radius 3 is 2.15 bits per heavy atom. The van der Waals surface area contributed by atoms with Gasteiger partial charge in [0.05, 0.1) is 17.2 Å². The van der Waals surface area contributed by atoms with Crippen molar-refractivity contribution < 1.29 is 35.9 Å². The summed E-state index contributed by atoms with van der Waals surface area (Å²) in [6.45, 7) is 0.261. The number of Topliss-reactive ketones (excluding diaryl/α,β-unsaturated/α-hetero) is 1. The molecule has 0 bridgehead atoms. The van der Waals surface area contributed by atoms with Crippen molar-refractivity contribution in [3.05, 3.63) is 81.3 Å². The fourth-order valence-electron chi connectivity index (χ4n) is 5.00. The highest BCUT2D eigenvalue weighted by molar-refractivity contribution is 6.31. The van der Waals surface area contributed by atoms with Gasteiger partial charge in [-0.05, 0) is 48.2 Å². The zero-order valence-corrected chi connectivity index (χ0v) is 22.0. The van der Waals surface area contributed by atoms with Crippen LogP contribution in [-0.2, 0) is 28.5 Å². The summed E-state index contributed by atoms with van der Waals surface area (Å²) in [5.74, 6) is -0.512. The van der Waals surface area contributed by atoms with Crippen LogP contribution in [0.15, 0.2) is 54.0 Å². The van der Waals surface area contributed by atoms with Crippen LogP contribution in [-0.4, -0.2) is 41.1 Å². The molecule has 0 saturated carbocycles. The van der Waals surface area contributed by atoms with Crippen molar-refractivity contribution in [2.75, 3.05) is 19.6 Å². The van der Waals surface area contributed by atoms with Crippen molar-refractivity contribution >= 4 is 23.3 Å². The lowest BCUT2D eigenvalue weighted by molar-refractivity contribution is -0.143. The molecule has 2 aromatic carbocycles. The lowest BCUT2D eigenvalue weighted by Crippen LogP contribution is -2.43. The van der Waals surface area contributed by atoms with Crippen LogP contribution in [0.4, 0.5) is 26.3 Å². The maximum absolute atomic E-state index is 13.6. The number of piperidine rings is 1. The number of carbonyl (C=O) groups is 2. The van der Waals surface area contributed by atoms with E-state index in [-0.39, 0.29) is 60.9 Å². The lowest BCUT2D eigenvalue weighted by Gasteiger charge is -2.33. The smallest absolute Gasteiger partial charge is 0.391 e. The van der Waals surface area contributed by atoms with E-state index in [2.05, 4.69) is 5.32 Å². The van der Waals surface area contributed by atoms with Gasteiger partial charge in [0.15, 0.2) is 0 Å². The Morgan fingerprint density at radius 2 is 1.57 bits per heavy atom. The average molecular weight is 589 g/mol. The van der Waals surface area contributed by atoms with E-state index in [1.807, 2.05) is 0 Å². The predicted molar refractivity (Wildman–Crippen MR) is 135 cm³/mol. The number of nitrogens with two attached hydrogens (primary N) is 1. The molecule has 2 aliphatic heterocycles. The largest absolute Gasteiger partial charge is 0.416 e. The highest BCUT2D eigenvalue weighted by atomic mass is 35.5. The molecule has 4 rings (SSSR count). The van der Waals surface area contributed by atoms with E-state index in [9.17, 15) is 35.9 Å². The second-order valence-corrected chi connectivity index (χ2v) is 10.1. The second-order valence-electron chi connectivity index (χ2n) is 9.73. The number of nitrogens with one attached hydrogen (secondary N) is 1. The van der Waals surface area contributed by atoms with Crippen LogP contribution in [0, 0.1) is 0 Å². The van der Waals surface area contributed by atoms with Crippen molar-refractivity contribution in [3.63, 3.8) is 0 Å². The molecule has 40 heavy (non-hydrogen) atoms. The highest BCUT2D eigenvalue weighted by Gasteiger charge is 2.37. The van der Waals surface area contributed by atoms with Gasteiger partial charge < -0.3 is 20.9 Å². The van der Waals surface area contributed by atoms with Crippen LogP contribution >= 0.6 is 11.6 Å². The van der Waals surface area contributed by atoms with E-state index in [1.54, 1.807) is 34.1 Å². The zero-order chi connectivity index (χ0) is 29.2. The average Bonchev–Trinajstić information content (AvgIpc) is 3.38. The van der Waals surface area contributed by atoms with E-state index >= 15 is 0 Å². The third-order valence-corrected chi connectivity index (χ3v) is 7.35. The Kier molecular flexibility index (Phi) is 8.57. The van der Waals surface area contributed by atoms with E-state index < -0.39 is 35.9 Å². The predicted octanol–water partition coefficient (Wildman–Crippen LogP) is 5.62. The highest BCUT2D eigenvalue weighted by Crippen LogP contribution is 2.38. The molecule has 2 fully saturated rings. The normalized spacial score (nSPS) is 19.1. The van der Waals surface area contributed by atoms with Gasteiger partial charge in [-0.15, -0.1) is 0 Å². The Bertz CT molecular complexity index is 1270. The van der Waals surface area contributed by atoms with Crippen LogP contribution in [0.5, 0.6) is 0 Å². The molecule has 2 heterocycles. The van der Waals surface area contributed by atoms with E-state index in [0.29, 0.717) is 36.5 Å². The third-order valence-electron chi connectivity index (χ3n) is 7.01. The molecule has 216 valence electrons. The maximum Gasteiger partial charge on any atom is 0.416 e. The monoisotopic (exact) mass is 588 g/mol. The molecule has 3 N–H and O–H groups in total. The van der Waals surface area contributed by atoms with Gasteiger partial charge in [0, 0.05) is 44.0 Å². The number of likely N-dealkylation sites (tertiary alicyclic amines) is 2. The fraction of sp³-hybridized carbons (Fsp3) is 0.407. The standard InChI is InChI=1S/C27H27ClF6N4O2/c28-21-5-2-1-4-20(21)22-6-3-9-38(22)25(40)23(35)24(37-10-7-19(39)8-11-37)36-15-16-12-17(26(29,30)31)14-18(13-16)27(32,33)34/h1-2,4-5,12-14,22,36H,3,6-11,15,35H2/b24-23+/t22-/m1/s1. The van der Waals surface area contributed by atoms with Gasteiger partial charge in [-0.1, -0.05) is 29.8 Å². The second kappa shape index (κ2) is 11.6. The van der Waals surface area contributed by atoms with Crippen LogP contribution < -0.4 is 11.1 Å². The Morgan fingerprint density at radius 1 is 0.975 bits per heavy atom. The number of alkyl halides is 6. The summed E-state index contributed by atoms with van der Waals surface area (Å²) in [6, 6.07) is 8.00. The molecule has 2 aromatic rings. The Labute approximate surface area is 231 Å². The molecule has 0 aromatic heterocycles. The van der Waals surface area contributed by atoms with Gasteiger partial charge in [0.25, 0.3) is 5.91 Å². The topological polar surface area (TPSA) is 78.7 Å². The Hall–Kier alpha value is -3.41. The summed E-state index contributed by atoms with van der Waals surface area (Å²) in [6.07, 6.45) is -8.38. The van der Waals surface area contributed by atoms with Crippen LogP contribution in [0.1, 0.15) is 54.0 Å². The first-order valence-corrected chi connectivity index (χ1v) is 13.0. The zero-order valence-electron chi connectivity index (χ0n) is 21.2. The Balaban J connectivity index is 1.67. The number of hydrogen-bond acceptors (Lipinski definition) is 5. The quantitative estimate of drug-likeness (QED) is 0.338. The summed E-state index contributed by atoms with van der Waals surface area (Å²) in [4.78, 5) is 28.6. The van der Waals surface area contributed by atoms with Gasteiger partial charge in [0.2, 0.25) is 0 Å². The van der Waals surface area contributed by atoms with Crippen molar-refractivity contribution in [1.29, 1.82) is 0 Å². The fourth-order valence-corrected chi connectivity index (χ4v) is 5.26. The third kappa shape index (κ3) is 6.65. The van der Waals surface area contributed by atoms with Crippen LogP contribution in [0.3, 0.4) is 0 Å². The van der Waals surface area contributed by atoms with Crippen molar-refractivity contribution in [1.82, 2.24) is 15.1 Å². The molecule has 0 unspecified atom stereocenters. The van der Waals surface area contributed by atoms with E-state index in [0.717, 1.165) is 5.56 Å². The number of ketones is 1. The molecule has 6 nitrogen and oxygen atoms in total. The van der Waals surface area contributed by atoms with Crippen LogP contribution in [0.2, 0.25) is 5.02 Å². The number of hydrogen-bond donors (Lipinski definition) is 2. The summed E-state index contributed by atoms with van der Waals surface area (Å²) in [5.41, 5.74) is 3.64. The van der Waals surface area contributed by atoms with Gasteiger partial charge in [0.1, 0.15) is 17.3 Å². The summed E-state index contributed by atoms with van der Waals surface area (Å²) >= 11 is 6.37. The minimum absolute atomic E-state index is 0.00785. The first-order valence-electron chi connectivity index (χ1n) is 12.6. The van der Waals surface area contributed by atoms with Crippen molar-refractivity contribution in [2.45, 2.75) is 50.6 Å². The molecular formula is C27H27ClF6N4O2. The molecule has 0 spiro atoms. The maximum atomic E-state index is 13.6. The summed E-state index contributed by atoms with van der Waals surface area (Å²) in [7, 11) is 0. The van der Waals surface area contributed by atoms with Crippen molar-refractivity contribution in [2.24, 2.45) is 5.73 Å². The van der Waals surface area contributed by atoms with E-state index in [4.69, 9.17) is 17.3 Å². The van der Waals surface area contributed by atoms with Gasteiger partial charge in [-0.2, -0.15) is 26.3 Å². The number of halogens is 7. The SMILES string of the molecule is N/C(C(=O)N1CCC[C@@H]1c1ccccc1Cl)=C(\NCc1cc(C(F)(F)F)cc(C(F)(F)F)c1)N1CCC(=O)CC1. The van der Waals surface area contributed by atoms with Crippen molar-refractivity contribution in [3.8, 4) is 0 Å². The number of carbonyl (C=O) groups excluding carboxylic acids is 2. The lowest BCUT2D eigenvalue weighted by atomic mass is 10.0. The molecule has 2 aliphatic rings. The first-order chi connectivity index (χ1) is 18.8. The van der Waals surface area contributed by atoms with Crippen LogP contribution in [0.25, 0.3) is 0 Å². The van der Waals surface area contributed by atoms with Gasteiger partial charge >= 0.3 is 12.4 Å². The minimum Gasteiger partial charge on any atom is -0.391 e. The van der Waals surface area contributed by atoms with E-state index in [1.165, 1.54) is 0 Å². The minimum atomic E-state index is -5.00. The number of amides is 1. The molecule has 13 heteroatoms. The summed E-state index contributed by atoms with van der Waals surface area (Å²) in [5, 5.41) is 3.29. The number of benzene rings is 2. The van der Waals surface area contributed by atoms with Gasteiger partial charge in [-0.3, -0.25) is 9.59 Å². The molecule has 1 atom stereocenters.